The van der Waals surface area contributed by atoms with E-state index >= 15 is 0 Å². The normalized spacial score (nSPS) is 14.4. The second kappa shape index (κ2) is 7.25. The molecule has 0 aliphatic carbocycles. The highest BCUT2D eigenvalue weighted by Gasteiger charge is 2.24. The van der Waals surface area contributed by atoms with Crippen LogP contribution in [0.2, 0.25) is 0 Å². The van der Waals surface area contributed by atoms with E-state index in [0.29, 0.717) is 30.1 Å². The quantitative estimate of drug-likeness (QED) is 0.838. The van der Waals surface area contributed by atoms with Crippen LogP contribution in [0.5, 0.6) is 11.5 Å². The van der Waals surface area contributed by atoms with E-state index in [2.05, 4.69) is 4.72 Å². The lowest BCUT2D eigenvalue weighted by molar-refractivity contribution is -0.117. The number of nitrogens with one attached hydrogen (secondary N) is 1. The summed E-state index contributed by atoms with van der Waals surface area (Å²) in [7, 11) is -1.04. The first-order chi connectivity index (χ1) is 12.4. The Labute approximate surface area is 152 Å². The molecule has 1 amide bonds. The lowest BCUT2D eigenvalue weighted by Crippen LogP contribution is -2.23. The summed E-state index contributed by atoms with van der Waals surface area (Å²) in [6, 6.07) is 11.3. The van der Waals surface area contributed by atoms with Gasteiger partial charge in [-0.05, 0) is 36.8 Å². The number of rotatable bonds is 6. The summed E-state index contributed by atoms with van der Waals surface area (Å²) in [5, 5.41) is 0. The number of anilines is 2. The van der Waals surface area contributed by atoms with E-state index in [1.54, 1.807) is 35.2 Å². The third-order valence-electron chi connectivity index (χ3n) is 4.14. The number of hydrogen-bond acceptors (Lipinski definition) is 5. The van der Waals surface area contributed by atoms with Crippen molar-refractivity contribution in [2.75, 3.05) is 30.4 Å². The number of nitrogens with zero attached hydrogens (tertiary/aromatic N) is 1. The van der Waals surface area contributed by atoms with Crippen LogP contribution in [0.25, 0.3) is 0 Å². The van der Waals surface area contributed by atoms with Gasteiger partial charge in [-0.15, -0.1) is 0 Å². The molecule has 0 saturated carbocycles. The Kier molecular flexibility index (Phi) is 5.03. The van der Waals surface area contributed by atoms with E-state index in [4.69, 9.17) is 9.47 Å². The van der Waals surface area contributed by atoms with Crippen molar-refractivity contribution in [1.82, 2.24) is 0 Å². The van der Waals surface area contributed by atoms with Crippen molar-refractivity contribution in [3.05, 3.63) is 42.5 Å². The Bertz CT molecular complexity index is 927. The lowest BCUT2D eigenvalue weighted by Gasteiger charge is -2.17. The van der Waals surface area contributed by atoms with Gasteiger partial charge in [0.15, 0.2) is 0 Å². The van der Waals surface area contributed by atoms with Gasteiger partial charge in [-0.1, -0.05) is 6.07 Å². The topological polar surface area (TPSA) is 84.9 Å². The van der Waals surface area contributed by atoms with E-state index in [1.807, 2.05) is 0 Å². The fourth-order valence-corrected chi connectivity index (χ4v) is 4.10. The molecule has 0 radical (unpaired) electrons. The fourth-order valence-electron chi connectivity index (χ4n) is 2.86. The van der Waals surface area contributed by atoms with Gasteiger partial charge >= 0.3 is 0 Å². The molecular formula is C18H20N2O5S. The maximum Gasteiger partial charge on any atom is 0.265 e. The van der Waals surface area contributed by atoms with Gasteiger partial charge in [0.25, 0.3) is 10.0 Å². The van der Waals surface area contributed by atoms with E-state index in [0.717, 1.165) is 6.42 Å². The molecule has 0 unspecified atom stereocenters. The molecule has 0 bridgehead atoms. The van der Waals surface area contributed by atoms with Crippen molar-refractivity contribution in [2.45, 2.75) is 17.7 Å². The Balaban J connectivity index is 1.92. The molecule has 1 heterocycles. The number of amides is 1. The van der Waals surface area contributed by atoms with Crippen LogP contribution >= 0.6 is 0 Å². The van der Waals surface area contributed by atoms with E-state index in [1.165, 1.54) is 26.4 Å². The molecule has 1 aliphatic rings. The van der Waals surface area contributed by atoms with Crippen LogP contribution in [0, 0.1) is 0 Å². The van der Waals surface area contributed by atoms with Gasteiger partial charge in [-0.3, -0.25) is 9.52 Å². The molecule has 26 heavy (non-hydrogen) atoms. The molecule has 138 valence electrons. The van der Waals surface area contributed by atoms with E-state index < -0.39 is 10.0 Å². The zero-order chi connectivity index (χ0) is 18.7. The van der Waals surface area contributed by atoms with Crippen molar-refractivity contribution in [2.24, 2.45) is 0 Å². The van der Waals surface area contributed by atoms with Crippen molar-refractivity contribution >= 4 is 27.3 Å². The Hall–Kier alpha value is -2.74. The molecule has 0 atom stereocenters. The third-order valence-corrected chi connectivity index (χ3v) is 5.55. The summed E-state index contributed by atoms with van der Waals surface area (Å²) in [6.07, 6.45) is 1.31. The highest BCUT2D eigenvalue weighted by atomic mass is 32.2. The molecule has 7 nitrogen and oxygen atoms in total. The highest BCUT2D eigenvalue weighted by molar-refractivity contribution is 7.92. The maximum atomic E-state index is 12.8. The van der Waals surface area contributed by atoms with Gasteiger partial charge < -0.3 is 14.4 Å². The van der Waals surface area contributed by atoms with Crippen molar-refractivity contribution in [3.63, 3.8) is 0 Å². The molecule has 1 aliphatic heterocycles. The van der Waals surface area contributed by atoms with Crippen LogP contribution in [0.4, 0.5) is 11.4 Å². The molecule has 1 N–H and O–H groups in total. The number of carbonyl (C=O) groups excluding carboxylic acids is 1. The van der Waals surface area contributed by atoms with Crippen LogP contribution < -0.4 is 19.1 Å². The number of methoxy groups -OCH3 is 2. The molecule has 1 saturated heterocycles. The molecule has 2 aromatic carbocycles. The van der Waals surface area contributed by atoms with Gasteiger partial charge in [-0.25, -0.2) is 8.42 Å². The van der Waals surface area contributed by atoms with E-state index in [9.17, 15) is 13.2 Å². The molecule has 0 aromatic heterocycles. The second-order valence-corrected chi connectivity index (χ2v) is 7.47. The molecule has 2 aromatic rings. The van der Waals surface area contributed by atoms with Crippen molar-refractivity contribution in [3.8, 4) is 11.5 Å². The summed E-state index contributed by atoms with van der Waals surface area (Å²) in [6.45, 7) is 0.638. The number of carbonyl (C=O) groups is 1. The summed E-state index contributed by atoms with van der Waals surface area (Å²) in [5.41, 5.74) is 1.04. The van der Waals surface area contributed by atoms with Gasteiger partial charge in [0.2, 0.25) is 5.91 Å². The Morgan fingerprint density at radius 1 is 1.08 bits per heavy atom. The largest absolute Gasteiger partial charge is 0.497 e. The first-order valence-corrected chi connectivity index (χ1v) is 9.58. The second-order valence-electron chi connectivity index (χ2n) is 5.82. The highest BCUT2D eigenvalue weighted by Crippen LogP contribution is 2.31. The summed E-state index contributed by atoms with van der Waals surface area (Å²) in [5.74, 6) is 0.659. The fraction of sp³-hybridized carbons (Fsp3) is 0.278. The van der Waals surface area contributed by atoms with Gasteiger partial charge in [0, 0.05) is 24.7 Å². The number of ether oxygens (including phenoxy) is 2. The zero-order valence-corrected chi connectivity index (χ0v) is 15.4. The average molecular weight is 376 g/mol. The van der Waals surface area contributed by atoms with Crippen molar-refractivity contribution < 1.29 is 22.7 Å². The number of benzene rings is 2. The Morgan fingerprint density at radius 3 is 2.54 bits per heavy atom. The minimum atomic E-state index is -3.90. The molecule has 0 spiro atoms. The minimum absolute atomic E-state index is 0.0259. The standard InChI is InChI=1S/C18H20N2O5S/c1-24-15-8-9-16(25-2)17(12-15)26(22,23)19-13-5-3-6-14(11-13)20-10-4-7-18(20)21/h3,5-6,8-9,11-12,19H,4,7,10H2,1-2H3. The van der Waals surface area contributed by atoms with Gasteiger partial charge in [0.05, 0.1) is 19.9 Å². The summed E-state index contributed by atoms with van der Waals surface area (Å²) >= 11 is 0. The predicted octanol–water partition coefficient (Wildman–Crippen LogP) is 2.63. The smallest absolute Gasteiger partial charge is 0.265 e. The Morgan fingerprint density at radius 2 is 1.88 bits per heavy atom. The molecule has 8 heteroatoms. The first-order valence-electron chi connectivity index (χ1n) is 8.10. The molecule has 3 rings (SSSR count). The van der Waals surface area contributed by atoms with Crippen LogP contribution in [0.3, 0.4) is 0 Å². The molecule has 1 fully saturated rings. The van der Waals surface area contributed by atoms with Gasteiger partial charge in [0.1, 0.15) is 16.4 Å². The summed E-state index contributed by atoms with van der Waals surface area (Å²) < 4.78 is 38.4. The maximum absolute atomic E-state index is 12.8. The predicted molar refractivity (Wildman–Crippen MR) is 98.4 cm³/mol. The van der Waals surface area contributed by atoms with Crippen LogP contribution in [0.1, 0.15) is 12.8 Å². The number of sulfonamides is 1. The SMILES string of the molecule is COc1ccc(OC)c(S(=O)(=O)Nc2cccc(N3CCCC3=O)c2)c1. The van der Waals surface area contributed by atoms with Crippen LogP contribution in [-0.2, 0) is 14.8 Å². The molecular weight excluding hydrogens is 356 g/mol. The minimum Gasteiger partial charge on any atom is -0.497 e. The lowest BCUT2D eigenvalue weighted by atomic mass is 10.2. The van der Waals surface area contributed by atoms with Crippen LogP contribution in [-0.4, -0.2) is 35.1 Å². The van der Waals surface area contributed by atoms with Crippen LogP contribution in [0.15, 0.2) is 47.4 Å². The average Bonchev–Trinajstić information content (AvgIpc) is 3.07. The van der Waals surface area contributed by atoms with Gasteiger partial charge in [-0.2, -0.15) is 0 Å². The number of hydrogen-bond donors (Lipinski definition) is 1. The first kappa shape index (κ1) is 18.1. The third kappa shape index (κ3) is 3.60. The zero-order valence-electron chi connectivity index (χ0n) is 14.6. The van der Waals surface area contributed by atoms with Crippen molar-refractivity contribution in [1.29, 1.82) is 0 Å². The van der Waals surface area contributed by atoms with E-state index in [-0.39, 0.29) is 16.6 Å². The monoisotopic (exact) mass is 376 g/mol. The summed E-state index contributed by atoms with van der Waals surface area (Å²) in [4.78, 5) is 13.5.